The highest BCUT2D eigenvalue weighted by molar-refractivity contribution is 9.09. The van der Waals surface area contributed by atoms with Gasteiger partial charge in [-0.15, -0.1) is 0 Å². The summed E-state index contributed by atoms with van der Waals surface area (Å²) in [5, 5.41) is 0. The molecule has 0 N–H and O–H groups in total. The summed E-state index contributed by atoms with van der Waals surface area (Å²) in [6, 6.07) is 4.92. The second-order valence-corrected chi connectivity index (χ2v) is 5.18. The zero-order valence-corrected chi connectivity index (χ0v) is 11.8. The Balaban J connectivity index is 2.49. The van der Waals surface area contributed by atoms with Gasteiger partial charge in [-0.25, -0.2) is 13.2 Å². The molecule has 0 amide bonds. The van der Waals surface area contributed by atoms with Gasteiger partial charge < -0.3 is 0 Å². The number of hydrogen-bond donors (Lipinski definition) is 0. The van der Waals surface area contributed by atoms with E-state index in [2.05, 4.69) is 15.9 Å². The molecular weight excluding hydrogens is 362 g/mol. The molecule has 0 spiro atoms. The molecule has 0 aromatic heterocycles. The van der Waals surface area contributed by atoms with Crippen LogP contribution in [0.15, 0.2) is 36.4 Å². The van der Waals surface area contributed by atoms with Crippen LogP contribution in [0.1, 0.15) is 21.5 Å². The minimum Gasteiger partial charge on any atom is -0.207 e. The molecular formula is C14H7BrF6. The van der Waals surface area contributed by atoms with Gasteiger partial charge in [-0.05, 0) is 35.9 Å². The quantitative estimate of drug-likeness (QED) is 0.477. The third-order valence-electron chi connectivity index (χ3n) is 2.82. The van der Waals surface area contributed by atoms with Crippen molar-refractivity contribution < 1.29 is 26.3 Å². The monoisotopic (exact) mass is 368 g/mol. The maximum atomic E-state index is 13.6. The summed E-state index contributed by atoms with van der Waals surface area (Å²) in [6.07, 6.45) is -4.87. The number of benzene rings is 2. The van der Waals surface area contributed by atoms with Crippen molar-refractivity contribution in [2.24, 2.45) is 0 Å². The standard InChI is InChI=1S/C14H7BrF6/c15-13(9-6-8(16)2-4-11(9)17)7-1-3-12(18)10(5-7)14(19,20)21/h1-6,13H. The van der Waals surface area contributed by atoms with E-state index in [4.69, 9.17) is 0 Å². The van der Waals surface area contributed by atoms with E-state index in [9.17, 15) is 26.3 Å². The van der Waals surface area contributed by atoms with Gasteiger partial charge in [0, 0.05) is 5.56 Å². The number of halogens is 7. The third-order valence-corrected chi connectivity index (χ3v) is 3.84. The molecule has 2 aromatic carbocycles. The van der Waals surface area contributed by atoms with Crippen LogP contribution in [-0.4, -0.2) is 0 Å². The lowest BCUT2D eigenvalue weighted by Crippen LogP contribution is -2.09. The normalized spacial score (nSPS) is 13.3. The van der Waals surface area contributed by atoms with Crippen LogP contribution in [0.2, 0.25) is 0 Å². The minimum absolute atomic E-state index is 0.0341. The van der Waals surface area contributed by atoms with Crippen molar-refractivity contribution in [3.63, 3.8) is 0 Å². The topological polar surface area (TPSA) is 0 Å². The van der Waals surface area contributed by atoms with Gasteiger partial charge in [0.15, 0.2) is 0 Å². The van der Waals surface area contributed by atoms with Gasteiger partial charge >= 0.3 is 6.18 Å². The average Bonchev–Trinajstić information content (AvgIpc) is 2.40. The second-order valence-electron chi connectivity index (χ2n) is 4.27. The third kappa shape index (κ3) is 3.40. The lowest BCUT2D eigenvalue weighted by Gasteiger charge is -2.15. The van der Waals surface area contributed by atoms with E-state index < -0.39 is 34.0 Å². The summed E-state index contributed by atoms with van der Waals surface area (Å²) < 4.78 is 77.9. The SMILES string of the molecule is Fc1ccc(F)c(C(Br)c2ccc(F)c(C(F)(F)F)c2)c1. The first-order valence-corrected chi connectivity index (χ1v) is 6.57. The van der Waals surface area contributed by atoms with E-state index in [0.29, 0.717) is 12.1 Å². The zero-order valence-electron chi connectivity index (χ0n) is 10.2. The number of hydrogen-bond acceptors (Lipinski definition) is 0. The van der Waals surface area contributed by atoms with Crippen molar-refractivity contribution >= 4 is 15.9 Å². The Morgan fingerprint density at radius 1 is 0.857 bits per heavy atom. The summed E-state index contributed by atoms with van der Waals surface area (Å²) in [6.45, 7) is 0. The summed E-state index contributed by atoms with van der Waals surface area (Å²) >= 11 is 3.01. The number of alkyl halides is 4. The van der Waals surface area contributed by atoms with Crippen LogP contribution in [-0.2, 0) is 6.18 Å². The van der Waals surface area contributed by atoms with Gasteiger partial charge in [0.1, 0.15) is 17.5 Å². The molecule has 0 heterocycles. The first-order chi connectivity index (χ1) is 9.70. The van der Waals surface area contributed by atoms with E-state index in [1.54, 1.807) is 0 Å². The smallest absolute Gasteiger partial charge is 0.207 e. The highest BCUT2D eigenvalue weighted by Crippen LogP contribution is 2.37. The zero-order chi connectivity index (χ0) is 15.8. The summed E-state index contributed by atoms with van der Waals surface area (Å²) in [7, 11) is 0. The molecule has 0 fully saturated rings. The second kappa shape index (κ2) is 5.71. The Morgan fingerprint density at radius 2 is 1.48 bits per heavy atom. The van der Waals surface area contributed by atoms with Crippen LogP contribution in [0.25, 0.3) is 0 Å². The molecule has 0 saturated heterocycles. The van der Waals surface area contributed by atoms with Gasteiger partial charge in [0.25, 0.3) is 0 Å². The van der Waals surface area contributed by atoms with Gasteiger partial charge in [-0.1, -0.05) is 22.0 Å². The lowest BCUT2D eigenvalue weighted by atomic mass is 10.0. The highest BCUT2D eigenvalue weighted by atomic mass is 79.9. The van der Waals surface area contributed by atoms with Crippen molar-refractivity contribution in [3.05, 3.63) is 70.5 Å². The van der Waals surface area contributed by atoms with Crippen molar-refractivity contribution in [1.29, 1.82) is 0 Å². The molecule has 0 saturated carbocycles. The van der Waals surface area contributed by atoms with Gasteiger partial charge in [0.05, 0.1) is 10.4 Å². The van der Waals surface area contributed by atoms with Crippen LogP contribution in [0.3, 0.4) is 0 Å². The predicted molar refractivity (Wildman–Crippen MR) is 68.5 cm³/mol. The molecule has 0 aliphatic heterocycles. The Labute approximate surface area is 124 Å². The molecule has 1 atom stereocenters. The first-order valence-electron chi connectivity index (χ1n) is 5.66. The molecule has 0 bridgehead atoms. The number of rotatable bonds is 2. The van der Waals surface area contributed by atoms with Crippen LogP contribution in [0.4, 0.5) is 26.3 Å². The van der Waals surface area contributed by atoms with Crippen LogP contribution in [0.5, 0.6) is 0 Å². The molecule has 7 heteroatoms. The lowest BCUT2D eigenvalue weighted by molar-refractivity contribution is -0.140. The molecule has 0 nitrogen and oxygen atoms in total. The maximum Gasteiger partial charge on any atom is 0.419 e. The molecule has 0 aliphatic rings. The maximum absolute atomic E-state index is 13.6. The Hall–Kier alpha value is -1.50. The molecule has 21 heavy (non-hydrogen) atoms. The van der Waals surface area contributed by atoms with Crippen molar-refractivity contribution in [2.75, 3.05) is 0 Å². The fourth-order valence-electron chi connectivity index (χ4n) is 1.81. The van der Waals surface area contributed by atoms with E-state index in [1.165, 1.54) is 0 Å². The van der Waals surface area contributed by atoms with E-state index >= 15 is 0 Å². The Morgan fingerprint density at radius 3 is 2.10 bits per heavy atom. The molecule has 2 rings (SSSR count). The van der Waals surface area contributed by atoms with E-state index in [-0.39, 0.29) is 11.1 Å². The van der Waals surface area contributed by atoms with Gasteiger partial charge in [0.2, 0.25) is 0 Å². The van der Waals surface area contributed by atoms with Crippen LogP contribution >= 0.6 is 15.9 Å². The van der Waals surface area contributed by atoms with Crippen molar-refractivity contribution in [3.8, 4) is 0 Å². The fraction of sp³-hybridized carbons (Fsp3) is 0.143. The minimum atomic E-state index is -4.87. The van der Waals surface area contributed by atoms with E-state index in [0.717, 1.165) is 24.3 Å². The Kier molecular flexibility index (Phi) is 4.32. The van der Waals surface area contributed by atoms with E-state index in [1.807, 2.05) is 0 Å². The van der Waals surface area contributed by atoms with Gasteiger partial charge in [-0.2, -0.15) is 13.2 Å². The average molecular weight is 369 g/mol. The van der Waals surface area contributed by atoms with Crippen molar-refractivity contribution in [2.45, 2.75) is 11.0 Å². The molecule has 2 aromatic rings. The van der Waals surface area contributed by atoms with Crippen molar-refractivity contribution in [1.82, 2.24) is 0 Å². The molecule has 0 radical (unpaired) electrons. The fourth-order valence-corrected chi connectivity index (χ4v) is 2.44. The van der Waals surface area contributed by atoms with Gasteiger partial charge in [-0.3, -0.25) is 0 Å². The molecule has 112 valence electrons. The largest absolute Gasteiger partial charge is 0.419 e. The molecule has 1 unspecified atom stereocenters. The summed E-state index contributed by atoms with van der Waals surface area (Å²) in [5.74, 6) is -2.93. The molecule has 0 aliphatic carbocycles. The van der Waals surface area contributed by atoms with Crippen LogP contribution in [0, 0.1) is 17.5 Å². The highest BCUT2D eigenvalue weighted by Gasteiger charge is 2.34. The predicted octanol–water partition coefficient (Wildman–Crippen LogP) is 5.61. The first kappa shape index (κ1) is 15.9. The summed E-state index contributed by atoms with van der Waals surface area (Å²) in [5.41, 5.74) is -1.66. The van der Waals surface area contributed by atoms with Crippen LogP contribution < -0.4 is 0 Å². The summed E-state index contributed by atoms with van der Waals surface area (Å²) in [4.78, 5) is -1.03. The Bertz CT molecular complexity index is 665.